The Morgan fingerprint density at radius 3 is 2.94 bits per heavy atom. The van der Waals surface area contributed by atoms with Gasteiger partial charge < -0.3 is 15.3 Å². The van der Waals surface area contributed by atoms with E-state index in [1.54, 1.807) is 13.0 Å². The lowest BCUT2D eigenvalue weighted by Gasteiger charge is -2.27. The Labute approximate surface area is 105 Å². The van der Waals surface area contributed by atoms with E-state index in [2.05, 4.69) is 5.32 Å². The first kappa shape index (κ1) is 12.6. The van der Waals surface area contributed by atoms with Gasteiger partial charge in [0.25, 0.3) is 0 Å². The van der Waals surface area contributed by atoms with Crippen molar-refractivity contribution in [3.05, 3.63) is 29.8 Å². The summed E-state index contributed by atoms with van der Waals surface area (Å²) < 4.78 is 0. The largest absolute Gasteiger partial charge is 0.393 e. The van der Waals surface area contributed by atoms with Crippen LogP contribution in [0.15, 0.2) is 24.3 Å². The maximum Gasteiger partial charge on any atom is 0.246 e. The topological polar surface area (TPSA) is 69.6 Å². The molecule has 0 spiro atoms. The van der Waals surface area contributed by atoms with Crippen LogP contribution in [0.4, 0.5) is 5.69 Å². The van der Waals surface area contributed by atoms with E-state index in [4.69, 9.17) is 0 Å². The number of rotatable bonds is 3. The lowest BCUT2D eigenvalue weighted by Crippen LogP contribution is -2.51. The van der Waals surface area contributed by atoms with Crippen molar-refractivity contribution >= 4 is 17.5 Å². The van der Waals surface area contributed by atoms with Crippen molar-refractivity contribution in [3.63, 3.8) is 0 Å². The van der Waals surface area contributed by atoms with Gasteiger partial charge in [0.05, 0.1) is 12.6 Å². The van der Waals surface area contributed by atoms with Gasteiger partial charge in [-0.15, -0.1) is 0 Å². The van der Waals surface area contributed by atoms with Crippen molar-refractivity contribution in [2.24, 2.45) is 0 Å². The van der Waals surface area contributed by atoms with E-state index in [1.807, 2.05) is 18.2 Å². The number of benzene rings is 1. The van der Waals surface area contributed by atoms with Crippen LogP contribution >= 0.6 is 0 Å². The summed E-state index contributed by atoms with van der Waals surface area (Å²) >= 11 is 0. The Hall–Kier alpha value is -1.88. The summed E-state index contributed by atoms with van der Waals surface area (Å²) in [7, 11) is 0. The minimum Gasteiger partial charge on any atom is -0.393 e. The Balaban J connectivity index is 2.21. The molecule has 2 N–H and O–H groups in total. The third-order valence-corrected chi connectivity index (χ3v) is 2.79. The molecule has 2 amide bonds. The lowest BCUT2D eigenvalue weighted by atomic mass is 10.1. The van der Waals surface area contributed by atoms with Crippen LogP contribution in [0.1, 0.15) is 12.5 Å². The summed E-state index contributed by atoms with van der Waals surface area (Å²) in [6.45, 7) is 1.81. The standard InChI is InChI=1S/C13H16N2O3/c1-9(16)5-10-3-2-4-11(6-10)15-8-12(17)14-7-13(15)18/h2-4,6,9,16H,5,7-8H2,1H3,(H,14,17). The van der Waals surface area contributed by atoms with Crippen molar-refractivity contribution in [3.8, 4) is 0 Å². The van der Waals surface area contributed by atoms with Gasteiger partial charge in [0, 0.05) is 5.69 Å². The monoisotopic (exact) mass is 248 g/mol. The van der Waals surface area contributed by atoms with Gasteiger partial charge in [0.1, 0.15) is 6.54 Å². The van der Waals surface area contributed by atoms with E-state index < -0.39 is 6.10 Å². The van der Waals surface area contributed by atoms with Crippen LogP contribution in [0.2, 0.25) is 0 Å². The summed E-state index contributed by atoms with van der Waals surface area (Å²) in [5.74, 6) is -0.278. The molecule has 1 aromatic carbocycles. The summed E-state index contributed by atoms with van der Waals surface area (Å²) in [6, 6.07) is 7.35. The van der Waals surface area contributed by atoms with Crippen molar-refractivity contribution < 1.29 is 14.7 Å². The van der Waals surface area contributed by atoms with Gasteiger partial charge in [-0.3, -0.25) is 9.59 Å². The maximum atomic E-state index is 11.7. The normalized spacial score (nSPS) is 17.6. The maximum absolute atomic E-state index is 11.7. The molecule has 1 aliphatic rings. The van der Waals surface area contributed by atoms with Crippen LogP contribution < -0.4 is 10.2 Å². The fourth-order valence-electron chi connectivity index (χ4n) is 1.99. The average Bonchev–Trinajstić information content (AvgIpc) is 2.32. The second kappa shape index (κ2) is 5.18. The molecular formula is C13H16N2O3. The number of amides is 2. The van der Waals surface area contributed by atoms with Gasteiger partial charge in [-0.2, -0.15) is 0 Å². The molecule has 2 rings (SSSR count). The SMILES string of the molecule is CC(O)Cc1cccc(N2CC(=O)NCC2=O)c1. The van der Waals surface area contributed by atoms with Crippen LogP contribution in [0, 0.1) is 0 Å². The van der Waals surface area contributed by atoms with Crippen LogP contribution in [0.5, 0.6) is 0 Å². The van der Waals surface area contributed by atoms with Gasteiger partial charge in [0.15, 0.2) is 0 Å². The second-order valence-corrected chi connectivity index (χ2v) is 4.48. The molecular weight excluding hydrogens is 232 g/mol. The Bertz CT molecular complexity index is 471. The molecule has 96 valence electrons. The fraction of sp³-hybridized carbons (Fsp3) is 0.385. The van der Waals surface area contributed by atoms with Gasteiger partial charge in [-0.1, -0.05) is 12.1 Å². The molecule has 1 aromatic rings. The Morgan fingerprint density at radius 2 is 2.22 bits per heavy atom. The fourth-order valence-corrected chi connectivity index (χ4v) is 1.99. The van der Waals surface area contributed by atoms with Gasteiger partial charge >= 0.3 is 0 Å². The predicted octanol–water partition coefficient (Wildman–Crippen LogP) is 0.0727. The molecule has 1 saturated heterocycles. The van der Waals surface area contributed by atoms with Crippen molar-refractivity contribution in [2.75, 3.05) is 18.0 Å². The van der Waals surface area contributed by atoms with Crippen LogP contribution in [0.25, 0.3) is 0 Å². The van der Waals surface area contributed by atoms with Gasteiger partial charge in [-0.25, -0.2) is 0 Å². The highest BCUT2D eigenvalue weighted by atomic mass is 16.3. The number of nitrogens with zero attached hydrogens (tertiary/aromatic N) is 1. The zero-order valence-electron chi connectivity index (χ0n) is 10.2. The van der Waals surface area contributed by atoms with Crippen molar-refractivity contribution in [1.82, 2.24) is 5.32 Å². The number of carbonyl (C=O) groups is 2. The van der Waals surface area contributed by atoms with E-state index in [-0.39, 0.29) is 24.9 Å². The number of hydrogen-bond donors (Lipinski definition) is 2. The molecule has 1 fully saturated rings. The highest BCUT2D eigenvalue weighted by Crippen LogP contribution is 2.18. The van der Waals surface area contributed by atoms with Gasteiger partial charge in [-0.05, 0) is 31.0 Å². The number of hydrogen-bond acceptors (Lipinski definition) is 3. The molecule has 1 aliphatic heterocycles. The van der Waals surface area contributed by atoms with E-state index >= 15 is 0 Å². The minimum atomic E-state index is -0.430. The zero-order valence-corrected chi connectivity index (χ0v) is 10.2. The predicted molar refractivity (Wildman–Crippen MR) is 67.2 cm³/mol. The average molecular weight is 248 g/mol. The summed E-state index contributed by atoms with van der Waals surface area (Å²) in [5.41, 5.74) is 1.65. The van der Waals surface area contributed by atoms with Crippen LogP contribution in [-0.4, -0.2) is 36.1 Å². The molecule has 5 nitrogen and oxygen atoms in total. The number of anilines is 1. The zero-order chi connectivity index (χ0) is 13.1. The third-order valence-electron chi connectivity index (χ3n) is 2.79. The van der Waals surface area contributed by atoms with E-state index in [0.717, 1.165) is 5.56 Å². The van der Waals surface area contributed by atoms with E-state index in [9.17, 15) is 14.7 Å². The Morgan fingerprint density at radius 1 is 1.44 bits per heavy atom. The molecule has 5 heteroatoms. The quantitative estimate of drug-likeness (QED) is 0.795. The second-order valence-electron chi connectivity index (χ2n) is 4.48. The molecule has 1 atom stereocenters. The van der Waals surface area contributed by atoms with Crippen molar-refractivity contribution in [2.45, 2.75) is 19.4 Å². The molecule has 1 heterocycles. The number of nitrogens with one attached hydrogen (secondary N) is 1. The van der Waals surface area contributed by atoms with E-state index in [0.29, 0.717) is 12.1 Å². The first-order valence-corrected chi connectivity index (χ1v) is 5.90. The molecule has 0 saturated carbocycles. The van der Waals surface area contributed by atoms with E-state index in [1.165, 1.54) is 4.90 Å². The third kappa shape index (κ3) is 2.87. The number of aliphatic hydroxyl groups excluding tert-OH is 1. The van der Waals surface area contributed by atoms with Crippen molar-refractivity contribution in [1.29, 1.82) is 0 Å². The van der Waals surface area contributed by atoms with Crippen LogP contribution in [0.3, 0.4) is 0 Å². The summed E-state index contributed by atoms with van der Waals surface area (Å²) in [6.07, 6.45) is 0.0998. The Kier molecular flexibility index (Phi) is 3.62. The lowest BCUT2D eigenvalue weighted by molar-refractivity contribution is -0.128. The first-order valence-electron chi connectivity index (χ1n) is 5.90. The molecule has 0 aromatic heterocycles. The number of piperazine rings is 1. The highest BCUT2D eigenvalue weighted by molar-refractivity contribution is 6.04. The molecule has 0 bridgehead atoms. The number of carbonyl (C=O) groups excluding carboxylic acids is 2. The van der Waals surface area contributed by atoms with Crippen LogP contribution in [-0.2, 0) is 16.0 Å². The smallest absolute Gasteiger partial charge is 0.246 e. The summed E-state index contributed by atoms with van der Waals surface area (Å²) in [5, 5.41) is 11.9. The molecule has 1 unspecified atom stereocenters. The first-order chi connectivity index (χ1) is 8.56. The van der Waals surface area contributed by atoms with Gasteiger partial charge in [0.2, 0.25) is 11.8 Å². The molecule has 18 heavy (non-hydrogen) atoms. The highest BCUT2D eigenvalue weighted by Gasteiger charge is 2.24. The molecule has 0 aliphatic carbocycles. The minimum absolute atomic E-state index is 0.0411. The summed E-state index contributed by atoms with van der Waals surface area (Å²) in [4.78, 5) is 24.5. The molecule has 0 radical (unpaired) electrons. The number of aliphatic hydroxyl groups is 1.